The zero-order valence-electron chi connectivity index (χ0n) is 9.04. The highest BCUT2D eigenvalue weighted by Crippen LogP contribution is 2.26. The van der Waals surface area contributed by atoms with Gasteiger partial charge in [-0.2, -0.15) is 0 Å². The second-order valence-electron chi connectivity index (χ2n) is 3.06. The van der Waals surface area contributed by atoms with Gasteiger partial charge in [-0.3, -0.25) is 0 Å². The fourth-order valence-electron chi connectivity index (χ4n) is 1.20. The lowest BCUT2D eigenvalue weighted by Gasteiger charge is -2.04. The van der Waals surface area contributed by atoms with E-state index in [1.807, 2.05) is 0 Å². The molecule has 6 heteroatoms. The van der Waals surface area contributed by atoms with Crippen molar-refractivity contribution in [1.82, 2.24) is 0 Å². The summed E-state index contributed by atoms with van der Waals surface area (Å²) < 4.78 is 20.1. The van der Waals surface area contributed by atoms with E-state index in [1.165, 1.54) is 0 Å². The Kier molecular flexibility index (Phi) is 5.33. The maximum Gasteiger partial charge on any atom is 0.747 e. The van der Waals surface area contributed by atoms with Crippen LogP contribution < -0.4 is 4.52 Å². The van der Waals surface area contributed by atoms with Gasteiger partial charge < -0.3 is 4.74 Å². The normalized spacial score (nSPS) is 10.5. The molecule has 0 amide bonds. The summed E-state index contributed by atoms with van der Waals surface area (Å²) in [4.78, 5) is 19.5. The summed E-state index contributed by atoms with van der Waals surface area (Å²) in [6, 6.07) is 6.76. The quantitative estimate of drug-likeness (QED) is 0.478. The smallest absolute Gasteiger partial charge is 0.462 e. The first-order chi connectivity index (χ1) is 8.13. The zero-order valence-corrected chi connectivity index (χ0v) is 9.93. The average molecular weight is 255 g/mol. The molecule has 0 heterocycles. The molecule has 90 valence electrons. The minimum atomic E-state index is -2.70. The van der Waals surface area contributed by atoms with Gasteiger partial charge >= 0.3 is 14.2 Å². The van der Waals surface area contributed by atoms with Crippen molar-refractivity contribution in [1.29, 1.82) is 0 Å². The Bertz CT molecular complexity index is 430. The molecule has 17 heavy (non-hydrogen) atoms. The third-order valence-corrected chi connectivity index (χ3v) is 2.28. The lowest BCUT2D eigenvalue weighted by Crippen LogP contribution is -2.05. The highest BCUT2D eigenvalue weighted by Gasteiger charge is 2.17. The summed E-state index contributed by atoms with van der Waals surface area (Å²) >= 11 is 0. The number of carbonyl (C=O) groups excluding carboxylic acids is 1. The molecule has 0 aliphatic rings. The number of rotatable bonds is 6. The maximum absolute atomic E-state index is 10.8. The Labute approximate surface area is 99.6 Å². The van der Waals surface area contributed by atoms with Gasteiger partial charge in [0.15, 0.2) is 5.75 Å². The average Bonchev–Trinajstić information content (AvgIpc) is 2.30. The lowest BCUT2D eigenvalue weighted by molar-refractivity contribution is -0.137. The minimum absolute atomic E-state index is 0.160. The number of hydrogen-bond donors (Lipinski definition) is 1. The summed E-state index contributed by atoms with van der Waals surface area (Å²) in [5.41, 5.74) is 0.696. The summed E-state index contributed by atoms with van der Waals surface area (Å²) in [5, 5.41) is 0. The van der Waals surface area contributed by atoms with Crippen molar-refractivity contribution in [2.75, 3.05) is 6.61 Å². The molecule has 1 unspecified atom stereocenters. The SMILES string of the molecule is C=CC(=O)OCCc1ccccc1O[P+](=O)O. The molecule has 1 N–H and O–H groups in total. The number of ether oxygens (including phenoxy) is 1. The monoisotopic (exact) mass is 255 g/mol. The topological polar surface area (TPSA) is 72.8 Å². The summed E-state index contributed by atoms with van der Waals surface area (Å²) in [6.45, 7) is 3.43. The zero-order chi connectivity index (χ0) is 12.7. The number of hydrogen-bond acceptors (Lipinski definition) is 4. The molecule has 5 nitrogen and oxygen atoms in total. The summed E-state index contributed by atoms with van der Waals surface area (Å²) in [6.07, 6.45) is 1.48. The van der Waals surface area contributed by atoms with Crippen LogP contribution in [0.4, 0.5) is 0 Å². The minimum Gasteiger partial charge on any atom is -0.462 e. The van der Waals surface area contributed by atoms with E-state index in [1.54, 1.807) is 24.3 Å². The predicted molar refractivity (Wildman–Crippen MR) is 61.8 cm³/mol. The van der Waals surface area contributed by atoms with Crippen molar-refractivity contribution < 1.29 is 23.5 Å². The van der Waals surface area contributed by atoms with Gasteiger partial charge in [0, 0.05) is 22.6 Å². The first kappa shape index (κ1) is 13.4. The first-order valence-corrected chi connectivity index (χ1v) is 5.97. The second kappa shape index (κ2) is 6.78. The van der Waals surface area contributed by atoms with Gasteiger partial charge in [-0.05, 0) is 6.07 Å². The molecule has 0 fully saturated rings. The third-order valence-electron chi connectivity index (χ3n) is 1.93. The van der Waals surface area contributed by atoms with Gasteiger partial charge in [0.05, 0.1) is 6.61 Å². The number of para-hydroxylation sites is 1. The molecule has 0 radical (unpaired) electrons. The molecule has 0 aliphatic heterocycles. The van der Waals surface area contributed by atoms with Crippen molar-refractivity contribution in [2.24, 2.45) is 0 Å². The Balaban J connectivity index is 2.60. The number of benzene rings is 1. The van der Waals surface area contributed by atoms with Crippen molar-refractivity contribution in [2.45, 2.75) is 6.42 Å². The molecular weight excluding hydrogens is 243 g/mol. The summed E-state index contributed by atoms with van der Waals surface area (Å²) in [5.74, 6) is -0.192. The molecule has 0 saturated heterocycles. The van der Waals surface area contributed by atoms with Gasteiger partial charge in [-0.1, -0.05) is 24.8 Å². The first-order valence-electron chi connectivity index (χ1n) is 4.84. The van der Waals surface area contributed by atoms with E-state index >= 15 is 0 Å². The largest absolute Gasteiger partial charge is 0.747 e. The van der Waals surface area contributed by atoms with Crippen molar-refractivity contribution >= 4 is 14.2 Å². The Morgan fingerprint density at radius 1 is 1.47 bits per heavy atom. The van der Waals surface area contributed by atoms with Crippen molar-refractivity contribution in [3.8, 4) is 5.75 Å². The Morgan fingerprint density at radius 2 is 2.18 bits per heavy atom. The lowest BCUT2D eigenvalue weighted by atomic mass is 10.1. The third kappa shape index (κ3) is 4.76. The molecular formula is C11H12O5P+. The molecule has 1 aromatic carbocycles. The Hall–Kier alpha value is -1.71. The van der Waals surface area contributed by atoms with E-state index < -0.39 is 14.2 Å². The van der Waals surface area contributed by atoms with Crippen LogP contribution in [0.25, 0.3) is 0 Å². The van der Waals surface area contributed by atoms with Gasteiger partial charge in [-0.25, -0.2) is 9.32 Å². The van der Waals surface area contributed by atoms with E-state index in [-0.39, 0.29) is 6.61 Å². The molecule has 0 saturated carbocycles. The molecule has 0 aromatic heterocycles. The van der Waals surface area contributed by atoms with Crippen LogP contribution in [0, 0.1) is 0 Å². The van der Waals surface area contributed by atoms with Crippen LogP contribution in [0.5, 0.6) is 5.75 Å². The van der Waals surface area contributed by atoms with Crippen LogP contribution in [-0.2, 0) is 20.5 Å². The van der Waals surface area contributed by atoms with Crippen LogP contribution in [0.2, 0.25) is 0 Å². The maximum atomic E-state index is 10.8. The van der Waals surface area contributed by atoms with Crippen LogP contribution >= 0.6 is 8.25 Å². The van der Waals surface area contributed by atoms with Crippen LogP contribution in [0.15, 0.2) is 36.9 Å². The van der Waals surface area contributed by atoms with Crippen molar-refractivity contribution in [3.63, 3.8) is 0 Å². The fraction of sp³-hybridized carbons (Fsp3) is 0.182. The van der Waals surface area contributed by atoms with E-state index in [2.05, 4.69) is 6.58 Å². The van der Waals surface area contributed by atoms with Crippen LogP contribution in [0.1, 0.15) is 5.56 Å². The van der Waals surface area contributed by atoms with E-state index in [0.717, 1.165) is 6.08 Å². The second-order valence-corrected chi connectivity index (χ2v) is 3.72. The standard InChI is InChI=1S/C11H11O5P/c1-2-11(12)15-8-7-9-5-3-4-6-10(9)16-17(13)14/h2-6H,1,7-8H2/p+1. The number of carbonyl (C=O) groups is 1. The molecule has 0 aliphatic carbocycles. The van der Waals surface area contributed by atoms with E-state index in [9.17, 15) is 9.36 Å². The van der Waals surface area contributed by atoms with Crippen LogP contribution in [0.3, 0.4) is 0 Å². The van der Waals surface area contributed by atoms with E-state index in [4.69, 9.17) is 14.2 Å². The van der Waals surface area contributed by atoms with E-state index in [0.29, 0.717) is 17.7 Å². The Morgan fingerprint density at radius 3 is 2.82 bits per heavy atom. The summed E-state index contributed by atoms with van der Waals surface area (Å²) in [7, 11) is -2.70. The molecule has 1 atom stereocenters. The molecule has 0 bridgehead atoms. The molecule has 1 aromatic rings. The molecule has 0 spiro atoms. The van der Waals surface area contributed by atoms with Crippen molar-refractivity contribution in [3.05, 3.63) is 42.5 Å². The fourth-order valence-corrected chi connectivity index (χ4v) is 1.55. The molecule has 1 rings (SSSR count). The van der Waals surface area contributed by atoms with Gasteiger partial charge in [0.2, 0.25) is 0 Å². The van der Waals surface area contributed by atoms with Crippen LogP contribution in [-0.4, -0.2) is 17.5 Å². The van der Waals surface area contributed by atoms with Gasteiger partial charge in [0.25, 0.3) is 0 Å². The highest BCUT2D eigenvalue weighted by atomic mass is 31.1. The van der Waals surface area contributed by atoms with Gasteiger partial charge in [-0.15, -0.1) is 4.89 Å². The number of esters is 1. The highest BCUT2D eigenvalue weighted by molar-refractivity contribution is 7.32. The predicted octanol–water partition coefficient (Wildman–Crippen LogP) is 1.99. The van der Waals surface area contributed by atoms with Gasteiger partial charge in [0.1, 0.15) is 0 Å².